The van der Waals surface area contributed by atoms with Crippen molar-refractivity contribution in [2.75, 3.05) is 6.61 Å². The van der Waals surface area contributed by atoms with Crippen molar-refractivity contribution >= 4 is 6.03 Å². The molecule has 0 radical (unpaired) electrons. The Kier molecular flexibility index (Phi) is 4.90. The van der Waals surface area contributed by atoms with Gasteiger partial charge in [-0.1, -0.05) is 35.5 Å². The molecule has 1 aromatic carbocycles. The number of rotatable bonds is 5. The number of carbonyl (C=O) groups excluding carboxylic acids is 1. The number of nitrogens with zero attached hydrogens (tertiary/aromatic N) is 2. The molecule has 0 fully saturated rings. The maximum absolute atomic E-state index is 12.0. The molecule has 1 aromatic heterocycles. The van der Waals surface area contributed by atoms with Gasteiger partial charge >= 0.3 is 6.03 Å². The Balaban J connectivity index is 1.55. The zero-order valence-corrected chi connectivity index (χ0v) is 13.3. The van der Waals surface area contributed by atoms with E-state index in [1.165, 1.54) is 0 Å². The van der Waals surface area contributed by atoms with Gasteiger partial charge in [-0.2, -0.15) is 4.98 Å². The molecule has 24 heavy (non-hydrogen) atoms. The molecule has 1 aliphatic rings. The predicted octanol–water partition coefficient (Wildman–Crippen LogP) is 2.03. The lowest BCUT2D eigenvalue weighted by Crippen LogP contribution is -2.42. The van der Waals surface area contributed by atoms with Gasteiger partial charge in [0.2, 0.25) is 0 Å². The summed E-state index contributed by atoms with van der Waals surface area (Å²) in [5.74, 6) is 0.946. The second-order valence-electron chi connectivity index (χ2n) is 5.83. The molecular formula is C17H20N4O3. The van der Waals surface area contributed by atoms with E-state index in [1.54, 1.807) is 6.92 Å². The number of nitrogens with one attached hydrogen (secondary N) is 2. The Bertz CT molecular complexity index is 714. The van der Waals surface area contributed by atoms with Crippen LogP contribution in [0.3, 0.4) is 0 Å². The SMILES string of the molecule is CC(NC(=O)N[C@@H]1C=C[C@H](CO)C1)c1noc(-c2ccccc2)n1. The van der Waals surface area contributed by atoms with Crippen molar-refractivity contribution in [3.8, 4) is 11.5 Å². The number of aromatic nitrogens is 2. The standard InChI is InChI=1S/C17H20N4O3/c1-11(18-17(23)19-14-8-7-12(9-14)10-22)15-20-16(24-21-15)13-5-3-2-4-6-13/h2-8,11-12,14,22H,9-10H2,1H3,(H2,18,19,23)/t11?,12-,14+/m0/s1. The Morgan fingerprint density at radius 3 is 2.88 bits per heavy atom. The first kappa shape index (κ1) is 16.2. The summed E-state index contributed by atoms with van der Waals surface area (Å²) >= 11 is 0. The summed E-state index contributed by atoms with van der Waals surface area (Å²) in [5, 5.41) is 18.7. The highest BCUT2D eigenvalue weighted by Crippen LogP contribution is 2.19. The molecule has 1 heterocycles. The Labute approximate surface area is 139 Å². The van der Waals surface area contributed by atoms with Crippen molar-refractivity contribution in [1.29, 1.82) is 0 Å². The molecule has 7 heteroatoms. The van der Waals surface area contributed by atoms with Gasteiger partial charge in [0, 0.05) is 24.1 Å². The van der Waals surface area contributed by atoms with Crippen LogP contribution in [0.25, 0.3) is 11.5 Å². The highest BCUT2D eigenvalue weighted by molar-refractivity contribution is 5.75. The fraction of sp³-hybridized carbons (Fsp3) is 0.353. The lowest BCUT2D eigenvalue weighted by atomic mass is 10.1. The van der Waals surface area contributed by atoms with E-state index in [9.17, 15) is 4.79 Å². The van der Waals surface area contributed by atoms with Crippen molar-refractivity contribution in [2.24, 2.45) is 5.92 Å². The number of amides is 2. The molecule has 126 valence electrons. The van der Waals surface area contributed by atoms with E-state index < -0.39 is 0 Å². The van der Waals surface area contributed by atoms with Gasteiger partial charge in [-0.3, -0.25) is 0 Å². The van der Waals surface area contributed by atoms with Crippen LogP contribution in [-0.4, -0.2) is 33.9 Å². The van der Waals surface area contributed by atoms with Crippen LogP contribution >= 0.6 is 0 Å². The minimum Gasteiger partial charge on any atom is -0.396 e. The lowest BCUT2D eigenvalue weighted by molar-refractivity contribution is 0.228. The molecule has 0 bridgehead atoms. The highest BCUT2D eigenvalue weighted by Gasteiger charge is 2.22. The van der Waals surface area contributed by atoms with Crippen molar-refractivity contribution in [2.45, 2.75) is 25.4 Å². The Morgan fingerprint density at radius 1 is 1.38 bits per heavy atom. The van der Waals surface area contributed by atoms with Gasteiger partial charge in [0.05, 0.1) is 6.04 Å². The molecule has 1 unspecified atom stereocenters. The first-order valence-electron chi connectivity index (χ1n) is 7.91. The van der Waals surface area contributed by atoms with Crippen molar-refractivity contribution in [3.63, 3.8) is 0 Å². The van der Waals surface area contributed by atoms with E-state index in [2.05, 4.69) is 20.8 Å². The Morgan fingerprint density at radius 2 is 2.17 bits per heavy atom. The first-order chi connectivity index (χ1) is 11.7. The summed E-state index contributed by atoms with van der Waals surface area (Å²) in [6.45, 7) is 1.89. The number of benzene rings is 1. The summed E-state index contributed by atoms with van der Waals surface area (Å²) in [7, 11) is 0. The van der Waals surface area contributed by atoms with Gasteiger partial charge in [-0.05, 0) is 25.5 Å². The second kappa shape index (κ2) is 7.27. The lowest BCUT2D eigenvalue weighted by Gasteiger charge is -2.15. The van der Waals surface area contributed by atoms with Crippen molar-refractivity contribution in [1.82, 2.24) is 20.8 Å². The minimum atomic E-state index is -0.384. The number of hydrogen-bond donors (Lipinski definition) is 3. The zero-order chi connectivity index (χ0) is 16.9. The maximum Gasteiger partial charge on any atom is 0.315 e. The number of aliphatic hydroxyl groups is 1. The molecule has 7 nitrogen and oxygen atoms in total. The first-order valence-corrected chi connectivity index (χ1v) is 7.91. The third kappa shape index (κ3) is 3.80. The van der Waals surface area contributed by atoms with Crippen LogP contribution in [0.15, 0.2) is 47.0 Å². The molecular weight excluding hydrogens is 308 g/mol. The largest absolute Gasteiger partial charge is 0.396 e. The summed E-state index contributed by atoms with van der Waals surface area (Å²) in [5.41, 5.74) is 0.832. The molecule has 1 aliphatic carbocycles. The van der Waals surface area contributed by atoms with Crippen LogP contribution in [0, 0.1) is 5.92 Å². The van der Waals surface area contributed by atoms with Gasteiger partial charge in [0.25, 0.3) is 5.89 Å². The number of carbonyl (C=O) groups is 1. The molecule has 3 rings (SSSR count). The monoisotopic (exact) mass is 328 g/mol. The zero-order valence-electron chi connectivity index (χ0n) is 13.3. The van der Waals surface area contributed by atoms with E-state index in [4.69, 9.17) is 9.63 Å². The molecule has 0 aliphatic heterocycles. The van der Waals surface area contributed by atoms with Gasteiger partial charge in [-0.25, -0.2) is 4.79 Å². The van der Waals surface area contributed by atoms with E-state index >= 15 is 0 Å². The summed E-state index contributed by atoms with van der Waals surface area (Å²) in [6, 6.07) is 8.70. The van der Waals surface area contributed by atoms with Gasteiger partial charge < -0.3 is 20.3 Å². The average Bonchev–Trinajstić information content (AvgIpc) is 3.24. The molecule has 0 saturated heterocycles. The average molecular weight is 328 g/mol. The highest BCUT2D eigenvalue weighted by atomic mass is 16.5. The summed E-state index contributed by atoms with van der Waals surface area (Å²) < 4.78 is 5.24. The van der Waals surface area contributed by atoms with E-state index in [1.807, 2.05) is 42.5 Å². The van der Waals surface area contributed by atoms with Gasteiger partial charge in [0.15, 0.2) is 5.82 Å². The minimum absolute atomic E-state index is 0.0699. The smallest absolute Gasteiger partial charge is 0.315 e. The van der Waals surface area contributed by atoms with Crippen molar-refractivity contribution in [3.05, 3.63) is 48.3 Å². The van der Waals surface area contributed by atoms with Crippen LogP contribution in [0.2, 0.25) is 0 Å². The fourth-order valence-electron chi connectivity index (χ4n) is 2.60. The van der Waals surface area contributed by atoms with E-state index in [0.29, 0.717) is 18.1 Å². The maximum atomic E-state index is 12.0. The fourth-order valence-corrected chi connectivity index (χ4v) is 2.60. The molecule has 0 spiro atoms. The molecule has 3 atom stereocenters. The van der Waals surface area contributed by atoms with E-state index in [0.717, 1.165) is 5.56 Å². The number of urea groups is 1. The predicted molar refractivity (Wildman–Crippen MR) is 87.9 cm³/mol. The number of aliphatic hydroxyl groups excluding tert-OH is 1. The second-order valence-corrected chi connectivity index (χ2v) is 5.83. The van der Waals surface area contributed by atoms with Gasteiger partial charge in [0.1, 0.15) is 0 Å². The third-order valence-electron chi connectivity index (χ3n) is 3.92. The molecule has 2 aromatic rings. The van der Waals surface area contributed by atoms with Crippen LogP contribution < -0.4 is 10.6 Å². The van der Waals surface area contributed by atoms with Crippen LogP contribution in [0.1, 0.15) is 25.2 Å². The van der Waals surface area contributed by atoms with E-state index in [-0.39, 0.29) is 30.6 Å². The van der Waals surface area contributed by atoms with Crippen LogP contribution in [0.4, 0.5) is 4.79 Å². The molecule has 3 N–H and O–H groups in total. The third-order valence-corrected chi connectivity index (χ3v) is 3.92. The summed E-state index contributed by atoms with van der Waals surface area (Å²) in [4.78, 5) is 16.4. The van der Waals surface area contributed by atoms with Crippen LogP contribution in [-0.2, 0) is 0 Å². The van der Waals surface area contributed by atoms with Gasteiger partial charge in [-0.15, -0.1) is 0 Å². The summed E-state index contributed by atoms with van der Waals surface area (Å²) in [6.07, 6.45) is 4.52. The Hall–Kier alpha value is -2.67. The normalized spacial score (nSPS) is 20.8. The van der Waals surface area contributed by atoms with Crippen LogP contribution in [0.5, 0.6) is 0 Å². The topological polar surface area (TPSA) is 100 Å². The van der Waals surface area contributed by atoms with Crippen molar-refractivity contribution < 1.29 is 14.4 Å². The molecule has 0 saturated carbocycles. The molecule has 2 amide bonds. The number of hydrogen-bond acceptors (Lipinski definition) is 5. The quantitative estimate of drug-likeness (QED) is 0.729.